The third kappa shape index (κ3) is 4.13. The van der Waals surface area contributed by atoms with Gasteiger partial charge in [0, 0.05) is 42.7 Å². The number of piperazine rings is 1. The van der Waals surface area contributed by atoms with Gasteiger partial charge in [0.05, 0.1) is 12.2 Å². The molecule has 4 rings (SSSR count). The van der Waals surface area contributed by atoms with Crippen molar-refractivity contribution in [3.05, 3.63) is 75.9 Å². The lowest BCUT2D eigenvalue weighted by Gasteiger charge is -2.34. The molecular formula is C22H22FN3OS. The van der Waals surface area contributed by atoms with Crippen LogP contribution in [0.4, 0.5) is 4.39 Å². The van der Waals surface area contributed by atoms with Crippen LogP contribution in [-0.4, -0.2) is 46.9 Å². The van der Waals surface area contributed by atoms with Crippen LogP contribution >= 0.6 is 11.3 Å². The Hall–Kier alpha value is -2.57. The Kier molecular flexibility index (Phi) is 5.50. The molecule has 3 aromatic rings. The van der Waals surface area contributed by atoms with Crippen molar-refractivity contribution in [1.82, 2.24) is 14.8 Å². The zero-order chi connectivity index (χ0) is 19.5. The summed E-state index contributed by atoms with van der Waals surface area (Å²) in [5, 5.41) is 3.05. The average Bonchev–Trinajstić information content (AvgIpc) is 3.17. The zero-order valence-electron chi connectivity index (χ0n) is 15.8. The van der Waals surface area contributed by atoms with E-state index in [9.17, 15) is 9.18 Å². The van der Waals surface area contributed by atoms with Crippen LogP contribution in [0.5, 0.6) is 0 Å². The average molecular weight is 396 g/mol. The molecule has 1 aliphatic heterocycles. The number of halogens is 1. The molecule has 6 heteroatoms. The van der Waals surface area contributed by atoms with Gasteiger partial charge in [0.2, 0.25) is 0 Å². The van der Waals surface area contributed by atoms with Crippen molar-refractivity contribution in [2.45, 2.75) is 13.5 Å². The van der Waals surface area contributed by atoms with E-state index in [1.807, 2.05) is 41.5 Å². The van der Waals surface area contributed by atoms with Gasteiger partial charge in [-0.15, -0.1) is 11.3 Å². The van der Waals surface area contributed by atoms with Gasteiger partial charge in [-0.25, -0.2) is 9.37 Å². The molecule has 144 valence electrons. The van der Waals surface area contributed by atoms with Crippen molar-refractivity contribution >= 4 is 17.2 Å². The fourth-order valence-corrected chi connectivity index (χ4v) is 4.26. The van der Waals surface area contributed by atoms with Crippen molar-refractivity contribution in [3.63, 3.8) is 0 Å². The third-order valence-electron chi connectivity index (χ3n) is 5.09. The van der Waals surface area contributed by atoms with Crippen LogP contribution < -0.4 is 0 Å². The number of nitrogens with zero attached hydrogens (tertiary/aromatic N) is 3. The SMILES string of the molecule is Cc1ccccc1C(=O)N1CCN(Cc2nc(-c3ccc(F)cc3)cs2)CC1. The van der Waals surface area contributed by atoms with E-state index in [0.717, 1.165) is 60.1 Å². The minimum atomic E-state index is -0.239. The van der Waals surface area contributed by atoms with Gasteiger partial charge in [-0.1, -0.05) is 18.2 Å². The number of hydrogen-bond donors (Lipinski definition) is 0. The van der Waals surface area contributed by atoms with Gasteiger partial charge < -0.3 is 4.90 Å². The van der Waals surface area contributed by atoms with Crippen molar-refractivity contribution in [2.24, 2.45) is 0 Å². The molecule has 0 radical (unpaired) electrons. The summed E-state index contributed by atoms with van der Waals surface area (Å²) in [6, 6.07) is 14.2. The molecule has 2 heterocycles. The minimum absolute atomic E-state index is 0.116. The van der Waals surface area contributed by atoms with E-state index in [1.165, 1.54) is 12.1 Å². The van der Waals surface area contributed by atoms with E-state index in [4.69, 9.17) is 4.98 Å². The van der Waals surface area contributed by atoms with Crippen LogP contribution in [0.2, 0.25) is 0 Å². The number of rotatable bonds is 4. The standard InChI is InChI=1S/C22H22FN3OS/c1-16-4-2-3-5-19(16)22(27)26-12-10-25(11-13-26)14-21-24-20(15-28-21)17-6-8-18(23)9-7-17/h2-9,15H,10-14H2,1H3. The Labute approximate surface area is 168 Å². The summed E-state index contributed by atoms with van der Waals surface area (Å²) in [5.74, 6) is -0.122. The summed E-state index contributed by atoms with van der Waals surface area (Å²) in [4.78, 5) is 21.7. The number of carbonyl (C=O) groups excluding carboxylic acids is 1. The Morgan fingerprint density at radius 3 is 2.50 bits per heavy atom. The maximum atomic E-state index is 13.1. The predicted molar refractivity (Wildman–Crippen MR) is 110 cm³/mol. The number of aromatic nitrogens is 1. The number of hydrogen-bond acceptors (Lipinski definition) is 4. The van der Waals surface area contributed by atoms with E-state index in [1.54, 1.807) is 23.5 Å². The maximum Gasteiger partial charge on any atom is 0.254 e. The largest absolute Gasteiger partial charge is 0.336 e. The topological polar surface area (TPSA) is 36.4 Å². The molecule has 2 aromatic carbocycles. The van der Waals surface area contributed by atoms with Crippen molar-refractivity contribution in [1.29, 1.82) is 0 Å². The molecule has 0 unspecified atom stereocenters. The Balaban J connectivity index is 1.34. The zero-order valence-corrected chi connectivity index (χ0v) is 16.6. The van der Waals surface area contributed by atoms with Gasteiger partial charge >= 0.3 is 0 Å². The van der Waals surface area contributed by atoms with Gasteiger partial charge in [0.1, 0.15) is 10.8 Å². The molecule has 0 saturated carbocycles. The highest BCUT2D eigenvalue weighted by Gasteiger charge is 2.23. The van der Waals surface area contributed by atoms with Gasteiger partial charge in [-0.2, -0.15) is 0 Å². The monoisotopic (exact) mass is 395 g/mol. The Morgan fingerprint density at radius 1 is 1.07 bits per heavy atom. The van der Waals surface area contributed by atoms with Crippen LogP contribution in [0, 0.1) is 12.7 Å². The molecule has 1 fully saturated rings. The van der Waals surface area contributed by atoms with E-state index in [2.05, 4.69) is 4.90 Å². The first-order valence-electron chi connectivity index (χ1n) is 9.38. The van der Waals surface area contributed by atoms with Crippen LogP contribution in [0.3, 0.4) is 0 Å². The second kappa shape index (κ2) is 8.20. The van der Waals surface area contributed by atoms with E-state index < -0.39 is 0 Å². The first kappa shape index (κ1) is 18.8. The quantitative estimate of drug-likeness (QED) is 0.664. The molecule has 4 nitrogen and oxygen atoms in total. The summed E-state index contributed by atoms with van der Waals surface area (Å²) in [6.45, 7) is 5.88. The summed E-state index contributed by atoms with van der Waals surface area (Å²) < 4.78 is 13.1. The molecule has 0 N–H and O–H groups in total. The summed E-state index contributed by atoms with van der Waals surface area (Å²) in [6.07, 6.45) is 0. The molecule has 0 spiro atoms. The lowest BCUT2D eigenvalue weighted by molar-refractivity contribution is 0.0627. The number of carbonyl (C=O) groups is 1. The molecular weight excluding hydrogens is 373 g/mol. The molecule has 1 aromatic heterocycles. The fraction of sp³-hybridized carbons (Fsp3) is 0.273. The second-order valence-electron chi connectivity index (χ2n) is 7.02. The van der Waals surface area contributed by atoms with Gasteiger partial charge in [0.25, 0.3) is 5.91 Å². The van der Waals surface area contributed by atoms with Crippen LogP contribution in [0.25, 0.3) is 11.3 Å². The number of amides is 1. The summed E-state index contributed by atoms with van der Waals surface area (Å²) >= 11 is 1.62. The lowest BCUT2D eigenvalue weighted by atomic mass is 10.1. The highest BCUT2D eigenvalue weighted by Crippen LogP contribution is 2.23. The number of aryl methyl sites for hydroxylation is 1. The Bertz CT molecular complexity index is 962. The van der Waals surface area contributed by atoms with Crippen LogP contribution in [0.1, 0.15) is 20.9 Å². The number of benzene rings is 2. The molecule has 0 aliphatic carbocycles. The minimum Gasteiger partial charge on any atom is -0.336 e. The molecule has 0 bridgehead atoms. The molecule has 0 atom stereocenters. The number of thiazole rings is 1. The van der Waals surface area contributed by atoms with Crippen molar-refractivity contribution in [3.8, 4) is 11.3 Å². The summed E-state index contributed by atoms with van der Waals surface area (Å²) in [7, 11) is 0. The van der Waals surface area contributed by atoms with Crippen LogP contribution in [0.15, 0.2) is 53.9 Å². The molecule has 1 saturated heterocycles. The van der Waals surface area contributed by atoms with Crippen molar-refractivity contribution < 1.29 is 9.18 Å². The van der Waals surface area contributed by atoms with Gasteiger partial charge in [0.15, 0.2) is 0 Å². The first-order chi connectivity index (χ1) is 13.6. The van der Waals surface area contributed by atoms with E-state index in [-0.39, 0.29) is 11.7 Å². The predicted octanol–water partition coefficient (Wildman–Crippen LogP) is 4.22. The van der Waals surface area contributed by atoms with Gasteiger partial charge in [-0.3, -0.25) is 9.69 Å². The van der Waals surface area contributed by atoms with E-state index in [0.29, 0.717) is 0 Å². The normalized spacial score (nSPS) is 15.0. The third-order valence-corrected chi connectivity index (χ3v) is 5.92. The fourth-order valence-electron chi connectivity index (χ4n) is 3.42. The van der Waals surface area contributed by atoms with E-state index >= 15 is 0 Å². The Morgan fingerprint density at radius 2 is 1.79 bits per heavy atom. The second-order valence-corrected chi connectivity index (χ2v) is 7.96. The van der Waals surface area contributed by atoms with Crippen LogP contribution in [-0.2, 0) is 6.54 Å². The van der Waals surface area contributed by atoms with Gasteiger partial charge in [-0.05, 0) is 42.8 Å². The highest BCUT2D eigenvalue weighted by molar-refractivity contribution is 7.09. The molecule has 1 amide bonds. The summed E-state index contributed by atoms with van der Waals surface area (Å²) in [5.41, 5.74) is 3.62. The smallest absolute Gasteiger partial charge is 0.254 e. The molecule has 28 heavy (non-hydrogen) atoms. The first-order valence-corrected chi connectivity index (χ1v) is 10.3. The maximum absolute atomic E-state index is 13.1. The lowest BCUT2D eigenvalue weighted by Crippen LogP contribution is -2.48. The highest BCUT2D eigenvalue weighted by atomic mass is 32.1. The van der Waals surface area contributed by atoms with Crippen molar-refractivity contribution in [2.75, 3.05) is 26.2 Å². The molecule has 1 aliphatic rings.